The van der Waals surface area contributed by atoms with Crippen LogP contribution in [0.1, 0.15) is 32.4 Å². The van der Waals surface area contributed by atoms with Crippen molar-refractivity contribution in [2.75, 3.05) is 39.0 Å². The van der Waals surface area contributed by atoms with Gasteiger partial charge in [0.1, 0.15) is 5.82 Å². The number of benzene rings is 1. The topological polar surface area (TPSA) is 87.4 Å². The Balaban J connectivity index is 1.53. The largest absolute Gasteiger partial charge is 0.341 e. The molecule has 1 fully saturated rings. The van der Waals surface area contributed by atoms with Crippen LogP contribution in [0.2, 0.25) is 0 Å². The number of nitrogens with one attached hydrogen (secondary N) is 1. The lowest BCUT2D eigenvalue weighted by Crippen LogP contribution is -2.56. The molecule has 0 unspecified atom stereocenters. The molecule has 8 heteroatoms. The molecule has 0 saturated carbocycles. The zero-order valence-electron chi connectivity index (χ0n) is 20.4. The number of thiazole rings is 1. The second-order valence-electron chi connectivity index (χ2n) is 9.96. The van der Waals surface area contributed by atoms with Crippen LogP contribution in [0.3, 0.4) is 0 Å². The van der Waals surface area contributed by atoms with Gasteiger partial charge in [-0.15, -0.1) is 0 Å². The Labute approximate surface area is 206 Å². The minimum absolute atomic E-state index is 0.00678. The predicted molar refractivity (Wildman–Crippen MR) is 139 cm³/mol. The van der Waals surface area contributed by atoms with Crippen LogP contribution in [0.15, 0.2) is 54.7 Å². The highest BCUT2D eigenvalue weighted by Gasteiger charge is 2.41. The highest BCUT2D eigenvalue weighted by molar-refractivity contribution is 7.18. The van der Waals surface area contributed by atoms with Gasteiger partial charge in [-0.2, -0.15) is 0 Å². The number of aromatic nitrogens is 2. The highest BCUT2D eigenvalue weighted by atomic mass is 32.1. The maximum absolute atomic E-state index is 12.7. The number of amides is 1. The van der Waals surface area contributed by atoms with E-state index in [1.165, 1.54) is 0 Å². The number of rotatable bonds is 7. The number of nitrogens with two attached hydrogens (primary N) is 1. The predicted octanol–water partition coefficient (Wildman–Crippen LogP) is 4.11. The van der Waals surface area contributed by atoms with Gasteiger partial charge >= 0.3 is 0 Å². The third-order valence-electron chi connectivity index (χ3n) is 6.27. The fourth-order valence-electron chi connectivity index (χ4n) is 4.62. The number of pyridine rings is 1. The normalized spacial score (nSPS) is 16.0. The molecule has 0 atom stereocenters. The first-order chi connectivity index (χ1) is 16.2. The summed E-state index contributed by atoms with van der Waals surface area (Å²) in [6.07, 6.45) is 3.59. The number of likely N-dealkylation sites (tertiary alicyclic amines) is 1. The Kier molecular flexibility index (Phi) is 7.02. The van der Waals surface area contributed by atoms with Gasteiger partial charge in [-0.1, -0.05) is 47.7 Å². The van der Waals surface area contributed by atoms with E-state index in [0.717, 1.165) is 46.5 Å². The van der Waals surface area contributed by atoms with Gasteiger partial charge in [0, 0.05) is 31.2 Å². The fraction of sp³-hybridized carbons (Fsp3) is 0.423. The quantitative estimate of drug-likeness (QED) is 0.531. The molecule has 0 radical (unpaired) electrons. The Hall–Kier alpha value is -2.81. The Morgan fingerprint density at radius 1 is 1.15 bits per heavy atom. The molecule has 3 aromatic rings. The zero-order chi connectivity index (χ0) is 24.3. The van der Waals surface area contributed by atoms with E-state index in [1.54, 1.807) is 25.2 Å². The lowest BCUT2D eigenvalue weighted by atomic mass is 9.74. The van der Waals surface area contributed by atoms with Crippen LogP contribution >= 0.6 is 11.3 Å². The van der Waals surface area contributed by atoms with E-state index in [-0.39, 0.29) is 11.3 Å². The molecule has 0 aliphatic carbocycles. The molecule has 0 bridgehead atoms. The maximum Gasteiger partial charge on any atom is 0.242 e. The van der Waals surface area contributed by atoms with Crippen molar-refractivity contribution in [3.05, 3.63) is 60.4 Å². The van der Waals surface area contributed by atoms with Crippen molar-refractivity contribution in [3.8, 4) is 10.4 Å². The Morgan fingerprint density at radius 3 is 2.50 bits per heavy atom. The number of anilines is 2. The van der Waals surface area contributed by atoms with Crippen molar-refractivity contribution in [3.63, 3.8) is 0 Å². The first kappa shape index (κ1) is 24.3. The van der Waals surface area contributed by atoms with E-state index in [0.29, 0.717) is 13.1 Å². The lowest BCUT2D eigenvalue weighted by Gasteiger charge is -2.44. The van der Waals surface area contributed by atoms with Crippen LogP contribution in [0, 0.1) is 0 Å². The summed E-state index contributed by atoms with van der Waals surface area (Å²) in [5, 5.41) is 4.21. The summed E-state index contributed by atoms with van der Waals surface area (Å²) < 4.78 is 0. The number of hydrogen-bond donors (Lipinski definition) is 2. The standard InChI is InChI=1S/C26H34N6OS/c1-25(2,27)23(33)32-15-13-26(14-16-32,18-31(3)4)21-11-8-12-22(29-21)30-24-28-17-20(34-24)19-9-6-5-7-10-19/h5-12,17H,13-16,18,27H2,1-4H3,(H,28,29,30). The van der Waals surface area contributed by atoms with Crippen LogP contribution in [0.5, 0.6) is 0 Å². The maximum atomic E-state index is 12.7. The van der Waals surface area contributed by atoms with E-state index in [9.17, 15) is 4.79 Å². The molecule has 7 nitrogen and oxygen atoms in total. The molecule has 3 N–H and O–H groups in total. The average molecular weight is 479 g/mol. The molecule has 1 saturated heterocycles. The molecule has 0 spiro atoms. The molecule has 4 rings (SSSR count). The SMILES string of the molecule is CN(C)CC1(c2cccc(Nc3ncc(-c4ccccc4)s3)n2)CCN(C(=O)C(C)(C)N)CC1. The second-order valence-corrected chi connectivity index (χ2v) is 11.0. The van der Waals surface area contributed by atoms with Crippen molar-refractivity contribution in [2.24, 2.45) is 5.73 Å². The van der Waals surface area contributed by atoms with Gasteiger partial charge < -0.3 is 20.9 Å². The van der Waals surface area contributed by atoms with Crippen LogP contribution in [-0.4, -0.2) is 64.9 Å². The highest BCUT2D eigenvalue weighted by Crippen LogP contribution is 2.37. The molecule has 180 valence electrons. The summed E-state index contributed by atoms with van der Waals surface area (Å²) in [4.78, 5) is 27.5. The van der Waals surface area contributed by atoms with Gasteiger partial charge in [-0.05, 0) is 58.5 Å². The first-order valence-electron chi connectivity index (χ1n) is 11.7. The number of piperidine rings is 1. The van der Waals surface area contributed by atoms with Gasteiger partial charge in [-0.3, -0.25) is 4.79 Å². The molecule has 34 heavy (non-hydrogen) atoms. The van der Waals surface area contributed by atoms with Gasteiger partial charge in [0.15, 0.2) is 5.13 Å². The summed E-state index contributed by atoms with van der Waals surface area (Å²) in [5.74, 6) is 0.790. The van der Waals surface area contributed by atoms with Gasteiger partial charge in [0.2, 0.25) is 5.91 Å². The smallest absolute Gasteiger partial charge is 0.242 e. The van der Waals surface area contributed by atoms with Crippen molar-refractivity contribution < 1.29 is 4.79 Å². The summed E-state index contributed by atoms with van der Waals surface area (Å²) in [6, 6.07) is 16.4. The number of carbonyl (C=O) groups excluding carboxylic acids is 1. The van der Waals surface area contributed by atoms with Crippen molar-refractivity contribution in [1.29, 1.82) is 0 Å². The molecule has 1 aromatic carbocycles. The van der Waals surface area contributed by atoms with Gasteiger partial charge in [0.25, 0.3) is 0 Å². The number of nitrogens with zero attached hydrogens (tertiary/aromatic N) is 4. The van der Waals surface area contributed by atoms with Crippen molar-refractivity contribution in [1.82, 2.24) is 19.8 Å². The van der Waals surface area contributed by atoms with Crippen LogP contribution in [0.4, 0.5) is 10.9 Å². The summed E-state index contributed by atoms with van der Waals surface area (Å²) in [6.45, 7) is 5.77. The third-order valence-corrected chi connectivity index (χ3v) is 7.23. The molecule has 3 heterocycles. The monoisotopic (exact) mass is 478 g/mol. The summed E-state index contributed by atoms with van der Waals surface area (Å²) in [5.41, 5.74) is 7.30. The van der Waals surface area contributed by atoms with E-state index in [1.807, 2.05) is 41.4 Å². The molecular formula is C26H34N6OS. The van der Waals surface area contributed by atoms with Crippen LogP contribution < -0.4 is 11.1 Å². The lowest BCUT2D eigenvalue weighted by molar-refractivity contribution is -0.137. The minimum atomic E-state index is -0.851. The van der Waals surface area contributed by atoms with Crippen molar-refractivity contribution in [2.45, 2.75) is 37.6 Å². The molecule has 1 aliphatic heterocycles. The fourth-order valence-corrected chi connectivity index (χ4v) is 5.45. The molecule has 1 aliphatic rings. The molecule has 2 aromatic heterocycles. The summed E-state index contributed by atoms with van der Waals surface area (Å²) in [7, 11) is 4.18. The minimum Gasteiger partial charge on any atom is -0.341 e. The zero-order valence-corrected chi connectivity index (χ0v) is 21.2. The van der Waals surface area contributed by atoms with E-state index < -0.39 is 5.54 Å². The van der Waals surface area contributed by atoms with Gasteiger partial charge in [-0.25, -0.2) is 9.97 Å². The molecule has 1 amide bonds. The number of carbonyl (C=O) groups is 1. The van der Waals surface area contributed by atoms with E-state index >= 15 is 0 Å². The Bertz CT molecular complexity index is 1110. The molecular weight excluding hydrogens is 444 g/mol. The second kappa shape index (κ2) is 9.82. The summed E-state index contributed by atoms with van der Waals surface area (Å²) >= 11 is 1.61. The Morgan fingerprint density at radius 2 is 1.85 bits per heavy atom. The van der Waals surface area contributed by atoms with Gasteiger partial charge in [0.05, 0.1) is 16.1 Å². The van der Waals surface area contributed by atoms with Crippen LogP contribution in [-0.2, 0) is 10.2 Å². The average Bonchev–Trinajstić information content (AvgIpc) is 3.27. The van der Waals surface area contributed by atoms with Crippen LogP contribution in [0.25, 0.3) is 10.4 Å². The number of hydrogen-bond acceptors (Lipinski definition) is 7. The number of likely N-dealkylation sites (N-methyl/N-ethyl adjacent to an activating group) is 1. The first-order valence-corrected chi connectivity index (χ1v) is 12.5. The third kappa shape index (κ3) is 5.46. The van der Waals surface area contributed by atoms with E-state index in [4.69, 9.17) is 10.7 Å². The van der Waals surface area contributed by atoms with Crippen molar-refractivity contribution >= 4 is 28.2 Å². The van der Waals surface area contributed by atoms with E-state index in [2.05, 4.69) is 47.5 Å².